The third-order valence-corrected chi connectivity index (χ3v) is 6.16. The Morgan fingerprint density at radius 3 is 2.79 bits per heavy atom. The van der Waals surface area contributed by atoms with E-state index in [0.717, 1.165) is 34.1 Å². The van der Waals surface area contributed by atoms with Gasteiger partial charge < -0.3 is 15.2 Å². The fourth-order valence-corrected chi connectivity index (χ4v) is 4.58. The molecule has 5 nitrogen and oxygen atoms in total. The number of benzene rings is 2. The van der Waals surface area contributed by atoms with Gasteiger partial charge in [0.15, 0.2) is 0 Å². The van der Waals surface area contributed by atoms with Crippen LogP contribution in [0, 0.1) is 0 Å². The van der Waals surface area contributed by atoms with E-state index < -0.39 is 6.04 Å². The lowest BCUT2D eigenvalue weighted by Crippen LogP contribution is -2.53. The lowest BCUT2D eigenvalue weighted by Gasteiger charge is -2.37. The van der Waals surface area contributed by atoms with E-state index in [1.54, 1.807) is 4.90 Å². The van der Waals surface area contributed by atoms with Crippen molar-refractivity contribution in [1.29, 1.82) is 0 Å². The maximum Gasteiger partial charge on any atom is 0.255 e. The maximum atomic E-state index is 13.3. The highest BCUT2D eigenvalue weighted by Crippen LogP contribution is 2.46. The molecule has 3 atom stereocenters. The molecule has 2 aromatic carbocycles. The Hall–Kier alpha value is -3.08. The molecule has 2 N–H and O–H groups in total. The molecule has 2 unspecified atom stereocenters. The number of para-hydroxylation sites is 1. The van der Waals surface area contributed by atoms with Crippen LogP contribution in [-0.4, -0.2) is 33.8 Å². The van der Waals surface area contributed by atoms with Gasteiger partial charge >= 0.3 is 0 Å². The van der Waals surface area contributed by atoms with Crippen molar-refractivity contribution in [3.63, 3.8) is 0 Å². The van der Waals surface area contributed by atoms with E-state index in [1.165, 1.54) is 0 Å². The highest BCUT2D eigenvalue weighted by Gasteiger charge is 2.48. The van der Waals surface area contributed by atoms with Crippen LogP contribution in [0.4, 0.5) is 0 Å². The van der Waals surface area contributed by atoms with E-state index in [0.29, 0.717) is 12.0 Å². The van der Waals surface area contributed by atoms with Crippen LogP contribution in [-0.2, 0) is 11.2 Å². The first-order valence-corrected chi connectivity index (χ1v) is 9.91. The Kier molecular flexibility index (Phi) is 3.79. The van der Waals surface area contributed by atoms with Gasteiger partial charge in [0.2, 0.25) is 5.91 Å². The van der Waals surface area contributed by atoms with E-state index in [9.17, 15) is 9.59 Å². The minimum Gasteiger partial charge on any atom is -0.356 e. The molecule has 0 fully saturated rings. The number of hydrogen-bond acceptors (Lipinski definition) is 2. The number of nitrogens with zero attached hydrogens (tertiary/aromatic N) is 1. The second-order valence-corrected chi connectivity index (χ2v) is 7.80. The molecule has 5 heteroatoms. The van der Waals surface area contributed by atoms with Crippen LogP contribution < -0.4 is 5.32 Å². The summed E-state index contributed by atoms with van der Waals surface area (Å²) >= 11 is 0. The Morgan fingerprint density at radius 2 is 1.96 bits per heavy atom. The normalized spacial score (nSPS) is 21.2. The summed E-state index contributed by atoms with van der Waals surface area (Å²) in [5.74, 6) is -0.134. The number of aromatic amines is 1. The summed E-state index contributed by atoms with van der Waals surface area (Å²) < 4.78 is 0. The van der Waals surface area contributed by atoms with Gasteiger partial charge in [-0.25, -0.2) is 0 Å². The van der Waals surface area contributed by atoms with Gasteiger partial charge in [-0.2, -0.15) is 0 Å². The van der Waals surface area contributed by atoms with Crippen molar-refractivity contribution in [3.8, 4) is 0 Å². The molecule has 2 amide bonds. The molecule has 1 aromatic heterocycles. The molecule has 0 saturated carbocycles. The number of carbonyl (C=O) groups excluding carboxylic acids is 2. The molecule has 0 aliphatic carbocycles. The molecule has 0 spiro atoms. The summed E-state index contributed by atoms with van der Waals surface area (Å²) in [6.07, 6.45) is 1.38. The first-order chi connectivity index (χ1) is 13.6. The Bertz CT molecular complexity index is 1100. The van der Waals surface area contributed by atoms with Crippen LogP contribution in [0.3, 0.4) is 0 Å². The second-order valence-electron chi connectivity index (χ2n) is 7.80. The molecule has 5 rings (SSSR count). The lowest BCUT2D eigenvalue weighted by molar-refractivity contribution is -0.127. The number of H-pyrrole nitrogens is 1. The highest BCUT2D eigenvalue weighted by molar-refractivity contribution is 6.03. The summed E-state index contributed by atoms with van der Waals surface area (Å²) in [6.45, 7) is 4.04. The van der Waals surface area contributed by atoms with Gasteiger partial charge in [0.25, 0.3) is 5.91 Å². The lowest BCUT2D eigenvalue weighted by atomic mass is 9.90. The van der Waals surface area contributed by atoms with Crippen LogP contribution in [0.5, 0.6) is 0 Å². The zero-order chi connectivity index (χ0) is 19.4. The van der Waals surface area contributed by atoms with Gasteiger partial charge in [0.05, 0.1) is 6.04 Å². The highest BCUT2D eigenvalue weighted by atomic mass is 16.2. The first kappa shape index (κ1) is 17.0. The maximum absolute atomic E-state index is 13.3. The third-order valence-electron chi connectivity index (χ3n) is 6.16. The van der Waals surface area contributed by atoms with E-state index in [2.05, 4.69) is 22.4 Å². The first-order valence-electron chi connectivity index (χ1n) is 9.91. The zero-order valence-electron chi connectivity index (χ0n) is 16.0. The number of amides is 2. The number of nitrogens with one attached hydrogen (secondary N) is 2. The SMILES string of the molecule is CCC(C)NC(=O)[C@@H]1Cc2c([nH]c3ccccc23)C2c3ccccc3C(=O)N21. The standard InChI is InChI=1S/C23H23N3O2/c1-3-13(2)24-22(27)19-12-17-14-8-6-7-11-18(14)25-20(17)21-15-9-4-5-10-16(15)23(28)26(19)21/h4-11,13,19,21,25H,3,12H2,1-2H3,(H,24,27)/t13?,19-,21?/m0/s1. The Morgan fingerprint density at radius 1 is 1.21 bits per heavy atom. The topological polar surface area (TPSA) is 65.2 Å². The van der Waals surface area contributed by atoms with E-state index in [4.69, 9.17) is 0 Å². The monoisotopic (exact) mass is 373 g/mol. The van der Waals surface area contributed by atoms with Crippen molar-refractivity contribution in [2.24, 2.45) is 0 Å². The summed E-state index contributed by atoms with van der Waals surface area (Å²) in [6, 6.07) is 15.2. The van der Waals surface area contributed by atoms with Crippen molar-refractivity contribution >= 4 is 22.7 Å². The van der Waals surface area contributed by atoms with Gasteiger partial charge in [-0.05, 0) is 36.6 Å². The summed E-state index contributed by atoms with van der Waals surface area (Å²) in [4.78, 5) is 31.7. The Balaban J connectivity index is 1.69. The van der Waals surface area contributed by atoms with E-state index in [1.807, 2.05) is 50.2 Å². The van der Waals surface area contributed by atoms with Crippen molar-refractivity contribution in [1.82, 2.24) is 15.2 Å². The fraction of sp³-hybridized carbons (Fsp3) is 0.304. The Labute approximate surface area is 163 Å². The fourth-order valence-electron chi connectivity index (χ4n) is 4.58. The van der Waals surface area contributed by atoms with Crippen LogP contribution in [0.2, 0.25) is 0 Å². The van der Waals surface area contributed by atoms with Crippen molar-refractivity contribution < 1.29 is 9.59 Å². The summed E-state index contributed by atoms with van der Waals surface area (Å²) in [7, 11) is 0. The molecular weight excluding hydrogens is 350 g/mol. The zero-order valence-corrected chi connectivity index (χ0v) is 16.0. The van der Waals surface area contributed by atoms with Gasteiger partial charge in [-0.1, -0.05) is 43.3 Å². The van der Waals surface area contributed by atoms with Gasteiger partial charge in [0.1, 0.15) is 6.04 Å². The van der Waals surface area contributed by atoms with Gasteiger partial charge in [-0.3, -0.25) is 9.59 Å². The molecule has 3 aromatic rings. The number of fused-ring (bicyclic) bond motifs is 7. The molecular formula is C23H23N3O2. The number of hydrogen-bond donors (Lipinski definition) is 2. The molecule has 0 radical (unpaired) electrons. The molecule has 2 aliphatic rings. The van der Waals surface area contributed by atoms with Crippen LogP contribution in [0.1, 0.15) is 53.5 Å². The molecule has 2 aliphatic heterocycles. The minimum atomic E-state index is -0.509. The molecule has 28 heavy (non-hydrogen) atoms. The number of rotatable bonds is 3. The van der Waals surface area contributed by atoms with Crippen molar-refractivity contribution in [2.75, 3.05) is 0 Å². The predicted molar refractivity (Wildman–Crippen MR) is 108 cm³/mol. The predicted octanol–water partition coefficient (Wildman–Crippen LogP) is 3.55. The average Bonchev–Trinajstić information content (AvgIpc) is 3.23. The van der Waals surface area contributed by atoms with Gasteiger partial charge in [0, 0.05) is 34.6 Å². The second kappa shape index (κ2) is 6.23. The third kappa shape index (κ3) is 2.32. The molecule has 0 saturated heterocycles. The van der Waals surface area contributed by atoms with E-state index in [-0.39, 0.29) is 23.9 Å². The van der Waals surface area contributed by atoms with Crippen molar-refractivity contribution in [2.45, 2.75) is 44.8 Å². The minimum absolute atomic E-state index is 0.0609. The molecule has 3 heterocycles. The summed E-state index contributed by atoms with van der Waals surface area (Å²) in [5.41, 5.74) is 4.90. The largest absolute Gasteiger partial charge is 0.356 e. The van der Waals surface area contributed by atoms with Gasteiger partial charge in [-0.15, -0.1) is 0 Å². The smallest absolute Gasteiger partial charge is 0.255 e. The van der Waals surface area contributed by atoms with Crippen LogP contribution in [0.15, 0.2) is 48.5 Å². The quantitative estimate of drug-likeness (QED) is 0.737. The van der Waals surface area contributed by atoms with E-state index >= 15 is 0 Å². The van der Waals surface area contributed by atoms with Crippen LogP contribution >= 0.6 is 0 Å². The van der Waals surface area contributed by atoms with Crippen LogP contribution in [0.25, 0.3) is 10.9 Å². The van der Waals surface area contributed by atoms with Crippen molar-refractivity contribution in [3.05, 3.63) is 70.9 Å². The summed E-state index contributed by atoms with van der Waals surface area (Å²) in [5, 5.41) is 4.22. The number of carbonyl (C=O) groups is 2. The molecule has 142 valence electrons. The number of aromatic nitrogens is 1. The average molecular weight is 373 g/mol. The molecule has 0 bridgehead atoms.